The first-order valence-corrected chi connectivity index (χ1v) is 10.5. The van der Waals surface area contributed by atoms with Gasteiger partial charge < -0.3 is 9.33 Å². The van der Waals surface area contributed by atoms with E-state index in [9.17, 15) is 4.79 Å². The number of nitrogens with zero attached hydrogens (tertiary/aromatic N) is 3. The molecular weight excluding hydrogens is 282 g/mol. The molecule has 21 heavy (non-hydrogen) atoms. The number of hydrogen-bond acceptors (Lipinski definition) is 2. The fourth-order valence-electron chi connectivity index (χ4n) is 2.32. The second kappa shape index (κ2) is 5.57. The van der Waals surface area contributed by atoms with Crippen LogP contribution in [-0.4, -0.2) is 43.0 Å². The average molecular weight is 310 g/mol. The molecule has 0 N–H and O–H groups in total. The van der Waals surface area contributed by atoms with Crippen molar-refractivity contribution in [2.24, 2.45) is 7.05 Å². The second-order valence-electron chi connectivity index (χ2n) is 7.50. The molecular formula is C15H28N3O2Si+. The molecule has 1 aromatic rings. The third-order valence-electron chi connectivity index (χ3n) is 4.67. The zero-order valence-corrected chi connectivity index (χ0v) is 15.1. The van der Waals surface area contributed by atoms with E-state index < -0.39 is 8.32 Å². The molecule has 1 saturated heterocycles. The van der Waals surface area contributed by atoms with Crippen LogP contribution in [0.1, 0.15) is 27.2 Å². The Morgan fingerprint density at radius 2 is 2.05 bits per heavy atom. The molecule has 1 amide bonds. The maximum absolute atomic E-state index is 12.4. The maximum Gasteiger partial charge on any atom is 0.415 e. The first-order chi connectivity index (χ1) is 9.60. The highest BCUT2D eigenvalue weighted by Gasteiger charge is 2.41. The zero-order chi connectivity index (χ0) is 15.8. The van der Waals surface area contributed by atoms with Crippen molar-refractivity contribution in [3.63, 3.8) is 0 Å². The molecule has 1 aliphatic heterocycles. The number of aromatic nitrogens is 2. The Bertz CT molecular complexity index is 519. The summed E-state index contributed by atoms with van der Waals surface area (Å²) in [6, 6.07) is 0.0388. The van der Waals surface area contributed by atoms with Gasteiger partial charge in [0.2, 0.25) is 0 Å². The monoisotopic (exact) mass is 310 g/mol. The fourth-order valence-corrected chi connectivity index (χ4v) is 3.70. The van der Waals surface area contributed by atoms with Crippen LogP contribution in [0.25, 0.3) is 0 Å². The lowest BCUT2D eigenvalue weighted by Crippen LogP contribution is -2.45. The minimum Gasteiger partial charge on any atom is -0.412 e. The first-order valence-electron chi connectivity index (χ1n) is 7.60. The summed E-state index contributed by atoms with van der Waals surface area (Å²) < 4.78 is 9.92. The number of likely N-dealkylation sites (tertiary alicyclic amines) is 1. The van der Waals surface area contributed by atoms with E-state index in [4.69, 9.17) is 4.43 Å². The second-order valence-corrected chi connectivity index (χ2v) is 12.3. The number of hydrogen-bond donors (Lipinski definition) is 0. The Labute approximate surface area is 128 Å². The van der Waals surface area contributed by atoms with Crippen molar-refractivity contribution in [1.82, 2.24) is 9.47 Å². The number of aryl methyl sites for hydroxylation is 1. The molecule has 0 aliphatic carbocycles. The molecule has 1 aromatic heterocycles. The molecule has 1 unspecified atom stereocenters. The van der Waals surface area contributed by atoms with Crippen molar-refractivity contribution < 1.29 is 13.8 Å². The summed E-state index contributed by atoms with van der Waals surface area (Å²) >= 11 is 0. The quantitative estimate of drug-likeness (QED) is 0.621. The van der Waals surface area contributed by atoms with E-state index >= 15 is 0 Å². The first kappa shape index (κ1) is 16.2. The van der Waals surface area contributed by atoms with Crippen molar-refractivity contribution in [2.75, 3.05) is 13.1 Å². The molecule has 0 aromatic carbocycles. The van der Waals surface area contributed by atoms with Crippen molar-refractivity contribution in [2.45, 2.75) is 51.4 Å². The summed E-state index contributed by atoms with van der Waals surface area (Å²) in [6.45, 7) is 12.8. The van der Waals surface area contributed by atoms with Crippen LogP contribution < -0.4 is 4.57 Å². The lowest BCUT2D eigenvalue weighted by Gasteiger charge is -2.38. The van der Waals surface area contributed by atoms with Gasteiger partial charge in [0, 0.05) is 13.1 Å². The molecule has 118 valence electrons. The number of carbonyl (C=O) groups excluding carboxylic acids is 1. The van der Waals surface area contributed by atoms with Crippen LogP contribution in [-0.2, 0) is 11.5 Å². The third-order valence-corrected chi connectivity index (χ3v) is 9.21. The summed E-state index contributed by atoms with van der Waals surface area (Å²) in [5.41, 5.74) is 0. The zero-order valence-electron chi connectivity index (χ0n) is 14.1. The predicted molar refractivity (Wildman–Crippen MR) is 84.7 cm³/mol. The van der Waals surface area contributed by atoms with Crippen LogP contribution >= 0.6 is 0 Å². The highest BCUT2D eigenvalue weighted by molar-refractivity contribution is 6.74. The lowest BCUT2D eigenvalue weighted by atomic mass is 10.2. The molecule has 6 heteroatoms. The molecule has 2 heterocycles. The van der Waals surface area contributed by atoms with E-state index in [0.717, 1.165) is 13.0 Å². The minimum atomic E-state index is -1.76. The topological polar surface area (TPSA) is 38.3 Å². The van der Waals surface area contributed by atoms with Crippen LogP contribution in [0.2, 0.25) is 18.1 Å². The van der Waals surface area contributed by atoms with Gasteiger partial charge in [-0.3, -0.25) is 0 Å². The van der Waals surface area contributed by atoms with Crippen LogP contribution in [0.5, 0.6) is 0 Å². The molecule has 1 fully saturated rings. The van der Waals surface area contributed by atoms with Crippen LogP contribution in [0.3, 0.4) is 0 Å². The lowest BCUT2D eigenvalue weighted by molar-refractivity contribution is -0.670. The van der Waals surface area contributed by atoms with Gasteiger partial charge >= 0.3 is 6.03 Å². The highest BCUT2D eigenvalue weighted by atomic mass is 28.4. The number of imidazole rings is 1. The Hall–Kier alpha value is -1.14. The van der Waals surface area contributed by atoms with E-state index in [1.54, 1.807) is 17.1 Å². The Balaban J connectivity index is 1.96. The molecule has 0 saturated carbocycles. The molecule has 2 rings (SSSR count). The van der Waals surface area contributed by atoms with Gasteiger partial charge in [0.25, 0.3) is 6.33 Å². The van der Waals surface area contributed by atoms with Gasteiger partial charge in [-0.25, -0.2) is 9.36 Å². The maximum atomic E-state index is 12.4. The molecule has 0 radical (unpaired) electrons. The Morgan fingerprint density at radius 1 is 1.38 bits per heavy atom. The molecule has 1 atom stereocenters. The largest absolute Gasteiger partial charge is 0.415 e. The summed E-state index contributed by atoms with van der Waals surface area (Å²) in [5, 5.41) is 0.207. The van der Waals surface area contributed by atoms with E-state index in [0.29, 0.717) is 6.54 Å². The summed E-state index contributed by atoms with van der Waals surface area (Å²) in [7, 11) is 0.155. The highest BCUT2D eigenvalue weighted by Crippen LogP contribution is 2.38. The van der Waals surface area contributed by atoms with Gasteiger partial charge in [0.1, 0.15) is 12.4 Å². The number of amides is 1. The van der Waals surface area contributed by atoms with Crippen molar-refractivity contribution in [3.05, 3.63) is 18.7 Å². The SMILES string of the molecule is C[n+]1ccn(C(=O)N2CCC(O[Si](C)(C)C(C)(C)C)C2)c1. The average Bonchev–Trinajstić information content (AvgIpc) is 2.95. The van der Waals surface area contributed by atoms with Crippen LogP contribution in [0.4, 0.5) is 4.79 Å². The number of rotatable bonds is 2. The normalized spacial score (nSPS) is 20.1. The van der Waals surface area contributed by atoms with Gasteiger partial charge in [0.05, 0.1) is 13.2 Å². The molecule has 1 aliphatic rings. The Kier molecular flexibility index (Phi) is 4.30. The van der Waals surface area contributed by atoms with E-state index in [-0.39, 0.29) is 17.2 Å². The van der Waals surface area contributed by atoms with Crippen molar-refractivity contribution in [1.29, 1.82) is 0 Å². The molecule has 5 nitrogen and oxygen atoms in total. The van der Waals surface area contributed by atoms with E-state index in [1.807, 2.05) is 22.7 Å². The molecule has 0 bridgehead atoms. The van der Waals surface area contributed by atoms with Crippen LogP contribution in [0, 0.1) is 0 Å². The smallest absolute Gasteiger partial charge is 0.412 e. The van der Waals surface area contributed by atoms with Gasteiger partial charge in [-0.15, -0.1) is 0 Å². The Morgan fingerprint density at radius 3 is 2.57 bits per heavy atom. The van der Waals surface area contributed by atoms with Crippen LogP contribution in [0.15, 0.2) is 18.7 Å². The number of carbonyl (C=O) groups is 1. The van der Waals surface area contributed by atoms with Gasteiger partial charge in [-0.2, -0.15) is 4.57 Å². The summed E-state index contributed by atoms with van der Waals surface area (Å²) in [5.74, 6) is 0. The third kappa shape index (κ3) is 3.55. The summed E-state index contributed by atoms with van der Waals surface area (Å²) in [4.78, 5) is 14.3. The fraction of sp³-hybridized carbons (Fsp3) is 0.733. The minimum absolute atomic E-state index is 0.0388. The van der Waals surface area contributed by atoms with E-state index in [2.05, 4.69) is 33.9 Å². The predicted octanol–water partition coefficient (Wildman–Crippen LogP) is 2.38. The summed E-state index contributed by atoms with van der Waals surface area (Å²) in [6.07, 6.45) is 6.58. The van der Waals surface area contributed by atoms with Gasteiger partial charge in [-0.05, 0) is 24.6 Å². The van der Waals surface area contributed by atoms with Gasteiger partial charge in [-0.1, -0.05) is 20.8 Å². The van der Waals surface area contributed by atoms with Crippen molar-refractivity contribution >= 4 is 14.3 Å². The van der Waals surface area contributed by atoms with Crippen molar-refractivity contribution in [3.8, 4) is 0 Å². The standard InChI is InChI=1S/C15H28N3O2Si/c1-15(2,3)21(5,6)20-13-7-8-17(11-13)14(19)18-10-9-16(4)12-18/h9-10,12-13H,7-8,11H2,1-6H3/q+1. The molecule has 0 spiro atoms. The van der Waals surface area contributed by atoms with Gasteiger partial charge in [0.15, 0.2) is 8.32 Å². The van der Waals surface area contributed by atoms with E-state index in [1.165, 1.54) is 0 Å².